The minimum absolute atomic E-state index is 0.0331. The van der Waals surface area contributed by atoms with Crippen LogP contribution in [-0.2, 0) is 4.79 Å². The Hall–Kier alpha value is -2.92. The maximum Gasteiger partial charge on any atom is 0.240 e. The number of carbonyl (C=O) groups is 2. The van der Waals surface area contributed by atoms with Crippen molar-refractivity contribution in [3.8, 4) is 0 Å². The fourth-order valence-corrected chi connectivity index (χ4v) is 3.55. The molecule has 1 heterocycles. The number of anilines is 1. The molecule has 2 aromatic carbocycles. The maximum atomic E-state index is 12.5. The number of hydrogen-bond donors (Lipinski definition) is 2. The van der Waals surface area contributed by atoms with Gasteiger partial charge in [-0.2, -0.15) is 0 Å². The highest BCUT2D eigenvalue weighted by Gasteiger charge is 2.17. The van der Waals surface area contributed by atoms with E-state index < -0.39 is 0 Å². The number of ketones is 1. The summed E-state index contributed by atoms with van der Waals surface area (Å²) in [6.07, 6.45) is 0. The molecule has 0 radical (unpaired) electrons. The van der Waals surface area contributed by atoms with Gasteiger partial charge < -0.3 is 10.6 Å². The number of benzene rings is 2. The van der Waals surface area contributed by atoms with Gasteiger partial charge in [0, 0.05) is 16.1 Å². The van der Waals surface area contributed by atoms with Gasteiger partial charge in [0.05, 0.1) is 12.6 Å². The van der Waals surface area contributed by atoms with Crippen molar-refractivity contribution in [2.45, 2.75) is 13.0 Å². The number of nitrogens with one attached hydrogen (secondary N) is 2. The van der Waals surface area contributed by atoms with Gasteiger partial charge in [0.25, 0.3) is 0 Å². The van der Waals surface area contributed by atoms with Crippen LogP contribution < -0.4 is 10.6 Å². The summed E-state index contributed by atoms with van der Waals surface area (Å²) in [6, 6.07) is 20.9. The first-order valence-corrected chi connectivity index (χ1v) is 9.24. The van der Waals surface area contributed by atoms with E-state index in [1.807, 2.05) is 60.0 Å². The lowest BCUT2D eigenvalue weighted by molar-refractivity contribution is -0.119. The van der Waals surface area contributed by atoms with E-state index in [1.54, 1.807) is 23.5 Å². The molecule has 3 rings (SSSR count). The maximum absolute atomic E-state index is 12.5. The normalized spacial score (nSPS) is 11.6. The zero-order valence-corrected chi connectivity index (χ0v) is 15.3. The second kappa shape index (κ2) is 8.45. The molecule has 0 bridgehead atoms. The average Bonchev–Trinajstić information content (AvgIpc) is 3.19. The molecule has 0 spiro atoms. The number of Topliss-reactive ketones (excluding diaryl/α,β-unsaturated/α-hetero) is 1. The predicted molar refractivity (Wildman–Crippen MR) is 106 cm³/mol. The lowest BCUT2D eigenvalue weighted by atomic mass is 10.1. The SMILES string of the molecule is CC(=O)c1ccccc1NCC(=O)NC(c1ccccc1)c1cccs1. The molecule has 4 nitrogen and oxygen atoms in total. The summed E-state index contributed by atoms with van der Waals surface area (Å²) in [5, 5.41) is 8.14. The Balaban J connectivity index is 1.71. The molecular formula is C21H20N2O2S. The zero-order valence-electron chi connectivity index (χ0n) is 14.4. The molecule has 3 aromatic rings. The molecule has 5 heteroatoms. The minimum atomic E-state index is -0.187. The number of thiophene rings is 1. The van der Waals surface area contributed by atoms with Gasteiger partial charge in [-0.1, -0.05) is 48.5 Å². The van der Waals surface area contributed by atoms with Gasteiger partial charge in [-0.3, -0.25) is 9.59 Å². The Morgan fingerprint density at radius 1 is 0.962 bits per heavy atom. The van der Waals surface area contributed by atoms with Gasteiger partial charge in [-0.25, -0.2) is 0 Å². The summed E-state index contributed by atoms with van der Waals surface area (Å²) >= 11 is 1.61. The van der Waals surface area contributed by atoms with Gasteiger partial charge in [-0.15, -0.1) is 11.3 Å². The van der Waals surface area contributed by atoms with Crippen molar-refractivity contribution >= 4 is 28.7 Å². The van der Waals surface area contributed by atoms with E-state index in [0.717, 1.165) is 10.4 Å². The van der Waals surface area contributed by atoms with Crippen molar-refractivity contribution in [3.05, 3.63) is 88.1 Å². The molecule has 1 aromatic heterocycles. The van der Waals surface area contributed by atoms with E-state index in [1.165, 1.54) is 6.92 Å². The molecular weight excluding hydrogens is 344 g/mol. The van der Waals surface area contributed by atoms with E-state index in [9.17, 15) is 9.59 Å². The largest absolute Gasteiger partial charge is 0.376 e. The van der Waals surface area contributed by atoms with Gasteiger partial charge >= 0.3 is 0 Å². The molecule has 0 saturated carbocycles. The second-order valence-corrected chi connectivity index (χ2v) is 6.86. The number of carbonyl (C=O) groups excluding carboxylic acids is 2. The fourth-order valence-electron chi connectivity index (χ4n) is 2.75. The standard InChI is InChI=1S/C21H20N2O2S/c1-15(24)17-10-5-6-11-18(17)22-14-20(25)23-21(19-12-7-13-26-19)16-8-3-2-4-9-16/h2-13,21-22H,14H2,1H3,(H,23,25). The molecule has 0 fully saturated rings. The first-order valence-electron chi connectivity index (χ1n) is 8.36. The number of rotatable bonds is 7. The number of amides is 1. The van der Waals surface area contributed by atoms with Crippen LogP contribution >= 0.6 is 11.3 Å². The number of para-hydroxylation sites is 1. The lowest BCUT2D eigenvalue weighted by Crippen LogP contribution is -2.33. The van der Waals surface area contributed by atoms with Crippen LogP contribution in [0.2, 0.25) is 0 Å². The molecule has 0 aliphatic carbocycles. The third-order valence-corrected chi connectivity index (χ3v) is 4.95. The topological polar surface area (TPSA) is 58.2 Å². The van der Waals surface area contributed by atoms with Crippen molar-refractivity contribution in [1.29, 1.82) is 0 Å². The highest BCUT2D eigenvalue weighted by molar-refractivity contribution is 7.10. The summed E-state index contributed by atoms with van der Waals surface area (Å²) in [4.78, 5) is 25.3. The van der Waals surface area contributed by atoms with Crippen LogP contribution in [0.1, 0.15) is 33.8 Å². The van der Waals surface area contributed by atoms with Gasteiger partial charge in [0.2, 0.25) is 5.91 Å². The van der Waals surface area contributed by atoms with Crippen LogP contribution in [-0.4, -0.2) is 18.2 Å². The molecule has 132 valence electrons. The van der Waals surface area contributed by atoms with Crippen molar-refractivity contribution in [1.82, 2.24) is 5.32 Å². The summed E-state index contributed by atoms with van der Waals surface area (Å²) in [6.45, 7) is 1.61. The van der Waals surface area contributed by atoms with Crippen LogP contribution in [0, 0.1) is 0 Å². The Kier molecular flexibility index (Phi) is 5.81. The van der Waals surface area contributed by atoms with Crippen LogP contribution in [0.4, 0.5) is 5.69 Å². The van der Waals surface area contributed by atoms with E-state index >= 15 is 0 Å². The molecule has 1 atom stereocenters. The van der Waals surface area contributed by atoms with Crippen molar-refractivity contribution in [2.75, 3.05) is 11.9 Å². The smallest absolute Gasteiger partial charge is 0.240 e. The van der Waals surface area contributed by atoms with E-state index in [4.69, 9.17) is 0 Å². The lowest BCUT2D eigenvalue weighted by Gasteiger charge is -2.19. The van der Waals surface area contributed by atoms with E-state index in [2.05, 4.69) is 10.6 Å². The van der Waals surface area contributed by atoms with Crippen LogP contribution in [0.3, 0.4) is 0 Å². The van der Waals surface area contributed by atoms with E-state index in [-0.39, 0.29) is 24.3 Å². The molecule has 2 N–H and O–H groups in total. The van der Waals surface area contributed by atoms with Crippen LogP contribution in [0.5, 0.6) is 0 Å². The summed E-state index contributed by atoms with van der Waals surface area (Å²) < 4.78 is 0. The zero-order chi connectivity index (χ0) is 18.4. The van der Waals surface area contributed by atoms with Crippen molar-refractivity contribution in [2.24, 2.45) is 0 Å². The Morgan fingerprint density at radius 3 is 2.38 bits per heavy atom. The summed E-state index contributed by atoms with van der Waals surface area (Å²) in [7, 11) is 0. The van der Waals surface area contributed by atoms with Gasteiger partial charge in [-0.05, 0) is 36.1 Å². The Labute approximate surface area is 156 Å². The third-order valence-electron chi connectivity index (χ3n) is 4.01. The first-order chi connectivity index (χ1) is 12.6. The van der Waals surface area contributed by atoms with Crippen molar-refractivity contribution < 1.29 is 9.59 Å². The molecule has 0 aliphatic heterocycles. The predicted octanol–water partition coefficient (Wildman–Crippen LogP) is 4.27. The Morgan fingerprint density at radius 2 is 1.69 bits per heavy atom. The van der Waals surface area contributed by atoms with Crippen molar-refractivity contribution in [3.63, 3.8) is 0 Å². The molecule has 0 aliphatic rings. The quantitative estimate of drug-likeness (QED) is 0.616. The molecule has 1 amide bonds. The second-order valence-electron chi connectivity index (χ2n) is 5.88. The van der Waals surface area contributed by atoms with Gasteiger partial charge in [0.1, 0.15) is 0 Å². The first kappa shape index (κ1) is 17.9. The molecule has 1 unspecified atom stereocenters. The Bertz CT molecular complexity index is 876. The summed E-state index contributed by atoms with van der Waals surface area (Å²) in [5.74, 6) is -0.167. The van der Waals surface area contributed by atoms with Crippen LogP contribution in [0.25, 0.3) is 0 Å². The third kappa shape index (κ3) is 4.37. The average molecular weight is 364 g/mol. The minimum Gasteiger partial charge on any atom is -0.376 e. The van der Waals surface area contributed by atoms with Gasteiger partial charge in [0.15, 0.2) is 5.78 Å². The summed E-state index contributed by atoms with van der Waals surface area (Å²) in [5.41, 5.74) is 2.29. The van der Waals surface area contributed by atoms with E-state index in [0.29, 0.717) is 11.3 Å². The highest BCUT2D eigenvalue weighted by Crippen LogP contribution is 2.25. The molecule has 26 heavy (non-hydrogen) atoms. The van der Waals surface area contributed by atoms with Crippen LogP contribution in [0.15, 0.2) is 72.1 Å². The number of hydrogen-bond acceptors (Lipinski definition) is 4. The monoisotopic (exact) mass is 364 g/mol. The fraction of sp³-hybridized carbons (Fsp3) is 0.143. The molecule has 0 saturated heterocycles. The highest BCUT2D eigenvalue weighted by atomic mass is 32.1.